The molecule has 0 atom stereocenters. The summed E-state index contributed by atoms with van der Waals surface area (Å²) in [5, 5.41) is 3.15. The SMILES string of the molecule is CN1C(=O)/C(=C\c2ccc3c(c2)OCO3)N=C1Nc1ccccc1. The van der Waals surface area contributed by atoms with E-state index < -0.39 is 0 Å². The number of carbonyl (C=O) groups excluding carboxylic acids is 1. The molecule has 24 heavy (non-hydrogen) atoms. The number of fused-ring (bicyclic) bond motifs is 1. The number of anilines is 1. The van der Waals surface area contributed by atoms with Crippen LogP contribution in [0.15, 0.2) is 59.2 Å². The molecule has 0 saturated heterocycles. The first-order valence-corrected chi connectivity index (χ1v) is 7.51. The fourth-order valence-corrected chi connectivity index (χ4v) is 2.52. The first-order valence-electron chi connectivity index (χ1n) is 7.51. The molecule has 2 aromatic rings. The third-order valence-electron chi connectivity index (χ3n) is 3.80. The number of nitrogens with zero attached hydrogens (tertiary/aromatic N) is 2. The van der Waals surface area contributed by atoms with E-state index in [1.54, 1.807) is 13.1 Å². The predicted octanol–water partition coefficient (Wildman–Crippen LogP) is 2.70. The van der Waals surface area contributed by atoms with E-state index in [-0.39, 0.29) is 12.7 Å². The summed E-state index contributed by atoms with van der Waals surface area (Å²) in [4.78, 5) is 18.3. The average Bonchev–Trinajstić information content (AvgIpc) is 3.16. The molecule has 2 aromatic carbocycles. The highest BCUT2D eigenvalue weighted by Crippen LogP contribution is 2.33. The molecule has 2 aliphatic heterocycles. The molecule has 0 fully saturated rings. The van der Waals surface area contributed by atoms with E-state index >= 15 is 0 Å². The Morgan fingerprint density at radius 3 is 2.75 bits per heavy atom. The molecular formula is C18H15N3O3. The summed E-state index contributed by atoms with van der Waals surface area (Å²) in [6.07, 6.45) is 1.74. The molecule has 1 N–H and O–H groups in total. The smallest absolute Gasteiger partial charge is 0.279 e. The largest absolute Gasteiger partial charge is 0.454 e. The van der Waals surface area contributed by atoms with Crippen LogP contribution in [0.4, 0.5) is 5.69 Å². The Kier molecular flexibility index (Phi) is 3.42. The number of carbonyl (C=O) groups is 1. The van der Waals surface area contributed by atoms with Crippen LogP contribution in [0.5, 0.6) is 11.5 Å². The molecule has 120 valence electrons. The molecule has 0 aromatic heterocycles. The number of aliphatic imine (C=N–C) groups is 1. The van der Waals surface area contributed by atoms with E-state index in [0.717, 1.165) is 11.3 Å². The Hall–Kier alpha value is -3.28. The van der Waals surface area contributed by atoms with Gasteiger partial charge >= 0.3 is 0 Å². The molecular weight excluding hydrogens is 306 g/mol. The molecule has 0 saturated carbocycles. The van der Waals surface area contributed by atoms with E-state index in [9.17, 15) is 4.79 Å². The normalized spacial score (nSPS) is 17.4. The van der Waals surface area contributed by atoms with Crippen LogP contribution in [-0.4, -0.2) is 30.6 Å². The monoisotopic (exact) mass is 321 g/mol. The molecule has 2 heterocycles. The van der Waals surface area contributed by atoms with Gasteiger partial charge in [-0.25, -0.2) is 4.99 Å². The van der Waals surface area contributed by atoms with Gasteiger partial charge in [0, 0.05) is 12.7 Å². The average molecular weight is 321 g/mol. The predicted molar refractivity (Wildman–Crippen MR) is 90.8 cm³/mol. The lowest BCUT2D eigenvalue weighted by Gasteiger charge is -2.13. The van der Waals surface area contributed by atoms with Gasteiger partial charge in [-0.1, -0.05) is 24.3 Å². The van der Waals surface area contributed by atoms with E-state index in [4.69, 9.17) is 9.47 Å². The topological polar surface area (TPSA) is 63.2 Å². The number of rotatable bonds is 2. The zero-order chi connectivity index (χ0) is 16.5. The summed E-state index contributed by atoms with van der Waals surface area (Å²) in [6, 6.07) is 15.1. The van der Waals surface area contributed by atoms with E-state index in [1.807, 2.05) is 48.5 Å². The number of guanidine groups is 1. The molecule has 4 rings (SSSR count). The fraction of sp³-hybridized carbons (Fsp3) is 0.111. The van der Waals surface area contributed by atoms with Crippen LogP contribution in [-0.2, 0) is 4.79 Å². The van der Waals surface area contributed by atoms with Crippen LogP contribution in [0.1, 0.15) is 5.56 Å². The van der Waals surface area contributed by atoms with Crippen molar-refractivity contribution in [3.63, 3.8) is 0 Å². The highest BCUT2D eigenvalue weighted by molar-refractivity contribution is 6.17. The highest BCUT2D eigenvalue weighted by Gasteiger charge is 2.27. The quantitative estimate of drug-likeness (QED) is 0.864. The van der Waals surface area contributed by atoms with Crippen molar-refractivity contribution in [1.29, 1.82) is 0 Å². The number of ether oxygens (including phenoxy) is 2. The maximum atomic E-state index is 12.4. The second-order valence-electron chi connectivity index (χ2n) is 5.43. The number of nitrogens with one attached hydrogen (secondary N) is 1. The zero-order valence-corrected chi connectivity index (χ0v) is 13.0. The van der Waals surface area contributed by atoms with Crippen molar-refractivity contribution in [3.05, 3.63) is 59.8 Å². The van der Waals surface area contributed by atoms with Gasteiger partial charge in [-0.05, 0) is 35.9 Å². The van der Waals surface area contributed by atoms with Gasteiger partial charge in [-0.3, -0.25) is 9.69 Å². The van der Waals surface area contributed by atoms with Gasteiger partial charge in [-0.15, -0.1) is 0 Å². The molecule has 2 aliphatic rings. The van der Waals surface area contributed by atoms with Gasteiger partial charge in [0.2, 0.25) is 12.8 Å². The van der Waals surface area contributed by atoms with E-state index in [1.165, 1.54) is 4.90 Å². The summed E-state index contributed by atoms with van der Waals surface area (Å²) >= 11 is 0. The second kappa shape index (κ2) is 5.73. The van der Waals surface area contributed by atoms with Gasteiger partial charge in [-0.2, -0.15) is 0 Å². The number of likely N-dealkylation sites (N-methyl/N-ethyl adjacent to an activating group) is 1. The van der Waals surface area contributed by atoms with Gasteiger partial charge in [0.05, 0.1) is 0 Å². The van der Waals surface area contributed by atoms with Gasteiger partial charge in [0.25, 0.3) is 5.91 Å². The van der Waals surface area contributed by atoms with Crippen molar-refractivity contribution in [2.24, 2.45) is 4.99 Å². The third-order valence-corrected chi connectivity index (χ3v) is 3.80. The number of amides is 1. The van der Waals surface area contributed by atoms with Gasteiger partial charge in [0.15, 0.2) is 11.5 Å². The molecule has 0 radical (unpaired) electrons. The van der Waals surface area contributed by atoms with E-state index in [0.29, 0.717) is 23.2 Å². The minimum Gasteiger partial charge on any atom is -0.454 e. The van der Waals surface area contributed by atoms with Crippen molar-refractivity contribution < 1.29 is 14.3 Å². The summed E-state index contributed by atoms with van der Waals surface area (Å²) in [7, 11) is 1.69. The van der Waals surface area contributed by atoms with Crippen LogP contribution < -0.4 is 14.8 Å². The van der Waals surface area contributed by atoms with E-state index in [2.05, 4.69) is 10.3 Å². The lowest BCUT2D eigenvalue weighted by Crippen LogP contribution is -2.32. The van der Waals surface area contributed by atoms with Crippen molar-refractivity contribution >= 4 is 23.6 Å². The van der Waals surface area contributed by atoms with Crippen LogP contribution in [0.2, 0.25) is 0 Å². The second-order valence-corrected chi connectivity index (χ2v) is 5.43. The van der Waals surface area contributed by atoms with Crippen LogP contribution in [0, 0.1) is 0 Å². The van der Waals surface area contributed by atoms with Crippen LogP contribution in [0.25, 0.3) is 6.08 Å². The lowest BCUT2D eigenvalue weighted by molar-refractivity contribution is -0.121. The molecule has 0 bridgehead atoms. The van der Waals surface area contributed by atoms with Crippen LogP contribution >= 0.6 is 0 Å². The Morgan fingerprint density at radius 2 is 1.92 bits per heavy atom. The number of hydrogen-bond donors (Lipinski definition) is 1. The number of benzene rings is 2. The third kappa shape index (κ3) is 2.58. The highest BCUT2D eigenvalue weighted by atomic mass is 16.7. The standard InChI is InChI=1S/C18H15N3O3/c1-21-17(22)14(20-18(21)19-13-5-3-2-4-6-13)9-12-7-8-15-16(10-12)24-11-23-15/h2-10H,11H2,1H3,(H,19,20)/b14-9+. The molecule has 1 amide bonds. The maximum absolute atomic E-state index is 12.4. The summed E-state index contributed by atoms with van der Waals surface area (Å²) in [5.41, 5.74) is 2.08. The zero-order valence-electron chi connectivity index (χ0n) is 13.0. The summed E-state index contributed by atoms with van der Waals surface area (Å²) < 4.78 is 10.6. The molecule has 6 heteroatoms. The Balaban J connectivity index is 1.61. The Labute approximate surface area is 139 Å². The van der Waals surface area contributed by atoms with Crippen molar-refractivity contribution in [1.82, 2.24) is 4.90 Å². The molecule has 0 unspecified atom stereocenters. The minimum atomic E-state index is -0.161. The lowest BCUT2D eigenvalue weighted by atomic mass is 10.1. The minimum absolute atomic E-state index is 0.161. The van der Waals surface area contributed by atoms with Crippen molar-refractivity contribution in [3.8, 4) is 11.5 Å². The first-order chi connectivity index (χ1) is 11.7. The summed E-state index contributed by atoms with van der Waals surface area (Å²) in [6.45, 7) is 0.223. The van der Waals surface area contributed by atoms with Gasteiger partial charge in [0.1, 0.15) is 5.70 Å². The molecule has 0 spiro atoms. The number of hydrogen-bond acceptors (Lipinski definition) is 5. The number of para-hydroxylation sites is 1. The van der Waals surface area contributed by atoms with Crippen molar-refractivity contribution in [2.75, 3.05) is 19.2 Å². The summed E-state index contributed by atoms with van der Waals surface area (Å²) in [5.74, 6) is 1.72. The maximum Gasteiger partial charge on any atom is 0.279 e. The molecule has 0 aliphatic carbocycles. The first kappa shape index (κ1) is 14.3. The van der Waals surface area contributed by atoms with Crippen molar-refractivity contribution in [2.45, 2.75) is 0 Å². The Morgan fingerprint density at radius 1 is 1.12 bits per heavy atom. The molecule has 6 nitrogen and oxygen atoms in total. The van der Waals surface area contributed by atoms with Gasteiger partial charge < -0.3 is 14.8 Å². The van der Waals surface area contributed by atoms with Crippen LogP contribution in [0.3, 0.4) is 0 Å². The Bertz CT molecular complexity index is 859. The fourth-order valence-electron chi connectivity index (χ4n) is 2.52.